The minimum atomic E-state index is -0.425. The second-order valence-corrected chi connectivity index (χ2v) is 12.5. The fourth-order valence-electron chi connectivity index (χ4n) is 6.86. The number of halogens is 1. The molecule has 2 aromatic heterocycles. The van der Waals surface area contributed by atoms with Crippen molar-refractivity contribution in [3.8, 4) is 5.69 Å². The number of aryl methyl sites for hydroxylation is 1. The fourth-order valence-corrected chi connectivity index (χ4v) is 6.86. The molecule has 1 N–H and O–H groups in total. The van der Waals surface area contributed by atoms with Crippen molar-refractivity contribution in [2.24, 2.45) is 17.8 Å². The number of carbonyl (C=O) groups excluding carboxylic acids is 2. The second kappa shape index (κ2) is 11.9. The average Bonchev–Trinajstić information content (AvgIpc) is 3.32. The summed E-state index contributed by atoms with van der Waals surface area (Å²) < 4.78 is 16.4. The highest BCUT2D eigenvalue weighted by Crippen LogP contribution is 2.37. The van der Waals surface area contributed by atoms with Crippen LogP contribution in [0, 0.1) is 30.5 Å². The van der Waals surface area contributed by atoms with Gasteiger partial charge >= 0.3 is 0 Å². The Morgan fingerprint density at radius 3 is 2.49 bits per heavy atom. The summed E-state index contributed by atoms with van der Waals surface area (Å²) in [4.78, 5) is 34.1. The zero-order valence-electron chi connectivity index (χ0n) is 25.3. The van der Waals surface area contributed by atoms with Crippen molar-refractivity contribution in [2.45, 2.75) is 71.9 Å². The lowest BCUT2D eigenvalue weighted by Gasteiger charge is -2.47. The van der Waals surface area contributed by atoms with E-state index in [1.807, 2.05) is 30.8 Å². The van der Waals surface area contributed by atoms with Crippen LogP contribution in [0.1, 0.15) is 67.9 Å². The molecule has 1 saturated heterocycles. The third-order valence-corrected chi connectivity index (χ3v) is 9.67. The highest BCUT2D eigenvalue weighted by Gasteiger charge is 2.37. The van der Waals surface area contributed by atoms with Crippen LogP contribution in [0.25, 0.3) is 16.6 Å². The van der Waals surface area contributed by atoms with Crippen LogP contribution in [0.3, 0.4) is 0 Å². The molecule has 8 heteroatoms. The molecule has 5 rings (SSSR count). The van der Waals surface area contributed by atoms with Gasteiger partial charge in [0.25, 0.3) is 5.91 Å². The lowest BCUT2D eigenvalue weighted by atomic mass is 9.77. The molecule has 7 nitrogen and oxygen atoms in total. The molecular weight excluding hydrogens is 517 g/mol. The Balaban J connectivity index is 1.34. The van der Waals surface area contributed by atoms with E-state index in [1.54, 1.807) is 25.1 Å². The van der Waals surface area contributed by atoms with Crippen molar-refractivity contribution in [3.05, 3.63) is 59.3 Å². The first-order valence-electron chi connectivity index (χ1n) is 15.1. The first-order chi connectivity index (χ1) is 19.6. The van der Waals surface area contributed by atoms with Crippen molar-refractivity contribution >= 4 is 22.7 Å². The third-order valence-electron chi connectivity index (χ3n) is 9.67. The number of aromatic nitrogens is 2. The van der Waals surface area contributed by atoms with Gasteiger partial charge in [-0.3, -0.25) is 19.5 Å². The van der Waals surface area contributed by atoms with Gasteiger partial charge in [-0.25, -0.2) is 4.39 Å². The van der Waals surface area contributed by atoms with Gasteiger partial charge in [0.1, 0.15) is 5.82 Å². The molecule has 0 spiro atoms. The monoisotopic (exact) mass is 561 g/mol. The number of nitrogens with one attached hydrogen (secondary N) is 1. The zero-order valence-corrected chi connectivity index (χ0v) is 25.3. The third kappa shape index (κ3) is 5.76. The van der Waals surface area contributed by atoms with Gasteiger partial charge in [0.15, 0.2) is 0 Å². The van der Waals surface area contributed by atoms with Gasteiger partial charge in [0.05, 0.1) is 23.0 Å². The molecule has 2 fully saturated rings. The molecule has 1 aromatic carbocycles. The van der Waals surface area contributed by atoms with E-state index < -0.39 is 5.82 Å². The first kappa shape index (κ1) is 29.2. The van der Waals surface area contributed by atoms with E-state index in [2.05, 4.69) is 35.2 Å². The maximum atomic E-state index is 14.4. The van der Waals surface area contributed by atoms with Crippen LogP contribution in [-0.4, -0.2) is 70.4 Å². The van der Waals surface area contributed by atoms with E-state index in [-0.39, 0.29) is 23.8 Å². The number of hydrogen-bond donors (Lipinski definition) is 1. The molecule has 41 heavy (non-hydrogen) atoms. The lowest BCUT2D eigenvalue weighted by molar-refractivity contribution is -0.126. The molecule has 0 bridgehead atoms. The Morgan fingerprint density at radius 1 is 1.12 bits per heavy atom. The number of likely N-dealkylation sites (tertiary alicyclic amines) is 1. The van der Waals surface area contributed by atoms with Crippen LogP contribution in [0.5, 0.6) is 0 Å². The zero-order chi connectivity index (χ0) is 29.4. The largest absolute Gasteiger partial charge is 0.359 e. The number of carbonyl (C=O) groups is 2. The minimum absolute atomic E-state index is 0.00525. The van der Waals surface area contributed by atoms with Crippen molar-refractivity contribution < 1.29 is 14.0 Å². The summed E-state index contributed by atoms with van der Waals surface area (Å²) in [5.41, 5.74) is 4.29. The van der Waals surface area contributed by atoms with Gasteiger partial charge in [-0.1, -0.05) is 0 Å². The van der Waals surface area contributed by atoms with Crippen molar-refractivity contribution in [3.63, 3.8) is 0 Å². The number of rotatable bonds is 8. The van der Waals surface area contributed by atoms with Gasteiger partial charge in [-0.15, -0.1) is 0 Å². The summed E-state index contributed by atoms with van der Waals surface area (Å²) in [6, 6.07) is 4.99. The van der Waals surface area contributed by atoms with Gasteiger partial charge in [-0.2, -0.15) is 0 Å². The minimum Gasteiger partial charge on any atom is -0.359 e. The van der Waals surface area contributed by atoms with Crippen LogP contribution >= 0.6 is 0 Å². The molecule has 1 atom stereocenters. The number of amides is 2. The van der Waals surface area contributed by atoms with Crippen LogP contribution < -0.4 is 5.32 Å². The van der Waals surface area contributed by atoms with Crippen molar-refractivity contribution in [1.82, 2.24) is 24.7 Å². The summed E-state index contributed by atoms with van der Waals surface area (Å²) >= 11 is 0. The Hall–Kier alpha value is -3.26. The predicted molar refractivity (Wildman–Crippen MR) is 161 cm³/mol. The number of fused-ring (bicyclic) bond motifs is 1. The SMILES string of the molecule is CNC(=O)C1CCC(C(C)N2CC(Cc3cn(-c4ccc(F)cc4C(=O)N(C)C(C)C)c4cncc(C)c34)C2)CC1. The van der Waals surface area contributed by atoms with E-state index in [1.165, 1.54) is 23.1 Å². The summed E-state index contributed by atoms with van der Waals surface area (Å²) in [6.45, 7) is 10.5. The molecule has 3 heterocycles. The topological polar surface area (TPSA) is 70.5 Å². The molecule has 1 aliphatic carbocycles. The van der Waals surface area contributed by atoms with Gasteiger partial charge in [0.2, 0.25) is 5.91 Å². The average molecular weight is 562 g/mol. The molecule has 3 aromatic rings. The smallest absolute Gasteiger partial charge is 0.256 e. The van der Waals surface area contributed by atoms with Crippen LogP contribution in [-0.2, 0) is 11.2 Å². The highest BCUT2D eigenvalue weighted by atomic mass is 19.1. The second-order valence-electron chi connectivity index (χ2n) is 12.5. The number of nitrogens with zero attached hydrogens (tertiary/aromatic N) is 4. The summed E-state index contributed by atoms with van der Waals surface area (Å²) in [5.74, 6) is 0.926. The van der Waals surface area contributed by atoms with Gasteiger partial charge in [0, 0.05) is 63.0 Å². The first-order valence-corrected chi connectivity index (χ1v) is 15.1. The van der Waals surface area contributed by atoms with E-state index in [9.17, 15) is 14.0 Å². The Bertz CT molecular complexity index is 1420. The maximum absolute atomic E-state index is 14.4. The maximum Gasteiger partial charge on any atom is 0.256 e. The molecule has 0 radical (unpaired) electrons. The van der Waals surface area contributed by atoms with Gasteiger partial charge < -0.3 is 14.8 Å². The van der Waals surface area contributed by atoms with Crippen LogP contribution in [0.2, 0.25) is 0 Å². The molecule has 1 unspecified atom stereocenters. The van der Waals surface area contributed by atoms with E-state index in [4.69, 9.17) is 0 Å². The standard InChI is InChI=1S/C33H44FN5O2/c1-20(2)37(6)33(41)28-14-27(34)11-12-29(28)39-19-26(31-21(3)15-36-16-30(31)39)13-23-17-38(18-23)22(4)24-7-9-25(10-8-24)32(40)35-5/h11-12,14-16,19-20,22-25H,7-10,13,17-18H2,1-6H3,(H,35,40). The molecule has 1 saturated carbocycles. The van der Waals surface area contributed by atoms with Crippen molar-refractivity contribution in [1.29, 1.82) is 0 Å². The summed E-state index contributed by atoms with van der Waals surface area (Å²) in [6.07, 6.45) is 11.0. The normalized spacial score (nSPS) is 20.7. The van der Waals surface area contributed by atoms with E-state index in [0.29, 0.717) is 29.1 Å². The molecule has 2 aliphatic rings. The number of pyridine rings is 1. The van der Waals surface area contributed by atoms with Crippen molar-refractivity contribution in [2.75, 3.05) is 27.2 Å². The van der Waals surface area contributed by atoms with E-state index >= 15 is 0 Å². The Morgan fingerprint density at radius 2 is 1.83 bits per heavy atom. The number of hydrogen-bond acceptors (Lipinski definition) is 4. The molecule has 2 amide bonds. The fraction of sp³-hybridized carbons (Fsp3) is 0.545. The quantitative estimate of drug-likeness (QED) is 0.402. The summed E-state index contributed by atoms with van der Waals surface area (Å²) in [5, 5.41) is 3.98. The number of benzene rings is 1. The highest BCUT2D eigenvalue weighted by molar-refractivity contribution is 5.99. The van der Waals surface area contributed by atoms with Crippen LogP contribution in [0.4, 0.5) is 4.39 Å². The van der Waals surface area contributed by atoms with Gasteiger partial charge in [-0.05, 0) is 101 Å². The van der Waals surface area contributed by atoms with E-state index in [0.717, 1.165) is 56.3 Å². The lowest BCUT2D eigenvalue weighted by Crippen LogP contribution is -2.54. The molecule has 220 valence electrons. The molecule has 1 aliphatic heterocycles. The van der Waals surface area contributed by atoms with Crippen LogP contribution in [0.15, 0.2) is 36.8 Å². The Kier molecular flexibility index (Phi) is 8.50. The summed E-state index contributed by atoms with van der Waals surface area (Å²) in [7, 11) is 3.49. The Labute approximate surface area is 243 Å². The molecular formula is C33H44FN5O2. The predicted octanol–water partition coefficient (Wildman–Crippen LogP) is 5.37.